The van der Waals surface area contributed by atoms with Gasteiger partial charge < -0.3 is 5.32 Å². The summed E-state index contributed by atoms with van der Waals surface area (Å²) in [7, 11) is 3.50. The van der Waals surface area contributed by atoms with E-state index in [9.17, 15) is 0 Å². The van der Waals surface area contributed by atoms with Crippen LogP contribution in [-0.4, -0.2) is 14.1 Å². The Morgan fingerprint density at radius 2 is 1.25 bits per heavy atom. The minimum absolute atomic E-state index is 0. The van der Waals surface area contributed by atoms with Crippen molar-refractivity contribution in [1.29, 1.82) is 0 Å². The van der Waals surface area contributed by atoms with E-state index in [-0.39, 0.29) is 20.4 Å². The van der Waals surface area contributed by atoms with Crippen LogP contribution >= 0.6 is 0 Å². The molecule has 0 N–H and O–H groups in total. The van der Waals surface area contributed by atoms with E-state index in [2.05, 4.69) is 5.32 Å². The fraction of sp³-hybridized carbons (Fsp3) is 1.00. The van der Waals surface area contributed by atoms with Gasteiger partial charge in [-0.15, -0.1) is 0 Å². The van der Waals surface area contributed by atoms with E-state index in [1.54, 1.807) is 14.1 Å². The normalized spacial score (nSPS) is 4.50. The maximum atomic E-state index is 3.50. The van der Waals surface area contributed by atoms with Crippen molar-refractivity contribution in [2.75, 3.05) is 14.1 Å². The second kappa shape index (κ2) is 9.46. The molecule has 0 aliphatic carbocycles. The molecule has 2 heteroatoms. The van der Waals surface area contributed by atoms with Gasteiger partial charge in [0.25, 0.3) is 0 Å². The van der Waals surface area contributed by atoms with E-state index in [1.165, 1.54) is 0 Å². The number of hydrogen-bond donors (Lipinski definition) is 0. The second-order valence-electron chi connectivity index (χ2n) is 0.447. The van der Waals surface area contributed by atoms with Crippen LogP contribution in [0, 0.1) is 0 Å². The van der Waals surface area contributed by atoms with Crippen molar-refractivity contribution in [3.63, 3.8) is 0 Å². The van der Waals surface area contributed by atoms with Crippen LogP contribution in [0.5, 0.6) is 0 Å². The van der Waals surface area contributed by atoms with E-state index in [0.717, 1.165) is 0 Å². The third kappa shape index (κ3) is 17.8. The van der Waals surface area contributed by atoms with Crippen LogP contribution in [0.15, 0.2) is 0 Å². The van der Waals surface area contributed by atoms with Crippen LogP contribution < -0.4 is 0 Å². The third-order valence-corrected chi connectivity index (χ3v) is 0. The predicted molar refractivity (Wildman–Crippen MR) is 15.2 cm³/mol. The summed E-state index contributed by atoms with van der Waals surface area (Å²) in [5.74, 6) is 0. The molecule has 0 aromatic carbocycles. The molecule has 0 saturated heterocycles. The van der Waals surface area contributed by atoms with E-state index >= 15 is 0 Å². The summed E-state index contributed by atoms with van der Waals surface area (Å²) in [6.45, 7) is 0. The quantitative estimate of drug-likeness (QED) is 0.579. The average Bonchev–Trinajstić information content (AvgIpc) is 0.918. The van der Waals surface area contributed by atoms with Crippen molar-refractivity contribution < 1.29 is 20.4 Å². The Hall–Kier alpha value is 0.622. The van der Waals surface area contributed by atoms with Crippen LogP contribution in [0.3, 0.4) is 0 Å². The fourth-order valence-corrected chi connectivity index (χ4v) is 0. The Morgan fingerprint density at radius 3 is 1.25 bits per heavy atom. The third-order valence-electron chi connectivity index (χ3n) is 0. The van der Waals surface area contributed by atoms with E-state index in [1.807, 2.05) is 0 Å². The molecule has 0 heterocycles. The summed E-state index contributed by atoms with van der Waals surface area (Å²) in [5, 5.41) is 3.50. The number of rotatable bonds is 0. The second-order valence-corrected chi connectivity index (χ2v) is 0.447. The maximum Gasteiger partial charge on any atom is 0 e. The topological polar surface area (TPSA) is 14.1 Å². The summed E-state index contributed by atoms with van der Waals surface area (Å²) in [5.41, 5.74) is 0. The molecule has 0 aliphatic heterocycles. The average molecular weight is 230 g/mol. The van der Waals surface area contributed by atoms with Crippen LogP contribution in [0.25, 0.3) is 5.32 Å². The van der Waals surface area contributed by atoms with Crippen molar-refractivity contribution in [3.05, 3.63) is 5.32 Å². The maximum absolute atomic E-state index is 3.50. The molecule has 0 fully saturated rings. The van der Waals surface area contributed by atoms with E-state index in [0.29, 0.717) is 0 Å². The van der Waals surface area contributed by atoms with Crippen LogP contribution in [0.1, 0.15) is 0 Å². The van der Waals surface area contributed by atoms with E-state index in [4.69, 9.17) is 0 Å². The van der Waals surface area contributed by atoms with Crippen molar-refractivity contribution in [3.8, 4) is 0 Å². The van der Waals surface area contributed by atoms with Gasteiger partial charge in [0.2, 0.25) is 0 Å². The fourth-order valence-electron chi connectivity index (χ4n) is 0. The molecule has 0 atom stereocenters. The molecular formula is C2H6NRe-. The van der Waals surface area contributed by atoms with Crippen molar-refractivity contribution in [2.45, 2.75) is 0 Å². The summed E-state index contributed by atoms with van der Waals surface area (Å²) in [6.07, 6.45) is 0. The molecule has 0 spiro atoms. The standard InChI is InChI=1S/C2H6N.Re/c1-3-2;/h1-2H3;/q-1;. The first kappa shape index (κ1) is 8.82. The molecule has 0 rings (SSSR count). The van der Waals surface area contributed by atoms with Gasteiger partial charge in [0.15, 0.2) is 0 Å². The summed E-state index contributed by atoms with van der Waals surface area (Å²) < 4.78 is 0. The van der Waals surface area contributed by atoms with Crippen molar-refractivity contribution in [2.24, 2.45) is 0 Å². The van der Waals surface area contributed by atoms with E-state index < -0.39 is 0 Å². The Balaban J connectivity index is 0. The Bertz CT molecular complexity index is 6.00. The van der Waals surface area contributed by atoms with Gasteiger partial charge in [-0.1, -0.05) is 0 Å². The Kier molecular flexibility index (Phi) is 20.9. The van der Waals surface area contributed by atoms with Crippen LogP contribution in [0.2, 0.25) is 0 Å². The molecule has 0 saturated carbocycles. The first-order valence-electron chi connectivity index (χ1n) is 0.894. The van der Waals surface area contributed by atoms with Gasteiger partial charge in [0.1, 0.15) is 0 Å². The molecule has 4 heavy (non-hydrogen) atoms. The molecule has 0 amide bonds. The summed E-state index contributed by atoms with van der Waals surface area (Å²) in [6, 6.07) is 0. The van der Waals surface area contributed by atoms with Gasteiger partial charge in [-0.2, -0.15) is 14.1 Å². The Labute approximate surface area is 40.4 Å². The largest absolute Gasteiger partial charge is 0.668 e. The van der Waals surface area contributed by atoms with Gasteiger partial charge in [-0.25, -0.2) is 0 Å². The zero-order valence-corrected chi connectivity index (χ0v) is 5.54. The molecule has 0 aliphatic rings. The number of nitrogens with zero attached hydrogens (tertiary/aromatic N) is 1. The molecule has 0 unspecified atom stereocenters. The summed E-state index contributed by atoms with van der Waals surface area (Å²) >= 11 is 0. The minimum Gasteiger partial charge on any atom is -0.668 e. The van der Waals surface area contributed by atoms with Gasteiger partial charge in [0.05, 0.1) is 0 Å². The molecule has 0 aromatic rings. The molecule has 27 valence electrons. The monoisotopic (exact) mass is 231 g/mol. The van der Waals surface area contributed by atoms with Gasteiger partial charge in [-0.3, -0.25) is 0 Å². The molecule has 0 aromatic heterocycles. The number of hydrogen-bond acceptors (Lipinski definition) is 0. The molecule has 0 bridgehead atoms. The zero-order valence-electron chi connectivity index (χ0n) is 2.83. The predicted octanol–water partition coefficient (Wildman–Crippen LogP) is 0.617. The first-order chi connectivity index (χ1) is 1.41. The zero-order chi connectivity index (χ0) is 2.71. The Morgan fingerprint density at radius 1 is 1.25 bits per heavy atom. The first-order valence-corrected chi connectivity index (χ1v) is 0.894. The van der Waals surface area contributed by atoms with Crippen LogP contribution in [-0.2, 0) is 20.4 Å². The van der Waals surface area contributed by atoms with Gasteiger partial charge in [0, 0.05) is 20.4 Å². The molecular weight excluding hydrogens is 224 g/mol. The van der Waals surface area contributed by atoms with Gasteiger partial charge in [-0.05, 0) is 0 Å². The van der Waals surface area contributed by atoms with Crippen LogP contribution in [0.4, 0.5) is 0 Å². The SMILES string of the molecule is C[N-]C.[Re]. The van der Waals surface area contributed by atoms with Gasteiger partial charge >= 0.3 is 0 Å². The minimum atomic E-state index is 0. The smallest absolute Gasteiger partial charge is 0 e. The van der Waals surface area contributed by atoms with Crippen molar-refractivity contribution >= 4 is 0 Å². The molecule has 1 nitrogen and oxygen atoms in total. The molecule has 1 radical (unpaired) electrons. The van der Waals surface area contributed by atoms with Crippen molar-refractivity contribution in [1.82, 2.24) is 0 Å². The summed E-state index contributed by atoms with van der Waals surface area (Å²) in [4.78, 5) is 0.